The van der Waals surface area contributed by atoms with Crippen LogP contribution in [0.5, 0.6) is 11.6 Å². The van der Waals surface area contributed by atoms with Crippen molar-refractivity contribution >= 4 is 44.7 Å². The van der Waals surface area contributed by atoms with Gasteiger partial charge in [-0.15, -0.1) is 6.58 Å². The zero-order chi connectivity index (χ0) is 45.8. The number of hydrogen-bond acceptors (Lipinski definition) is 11. The molecule has 2 bridgehead atoms. The van der Waals surface area contributed by atoms with E-state index in [1.54, 1.807) is 13.0 Å². The monoisotopic (exact) mass is 926 g/mol. The summed E-state index contributed by atoms with van der Waals surface area (Å²) in [4.78, 5) is 66.7. The molecule has 66 heavy (non-hydrogen) atoms. The summed E-state index contributed by atoms with van der Waals surface area (Å²) < 4.78 is 47.5. The summed E-state index contributed by atoms with van der Waals surface area (Å²) in [5, 5.41) is 6.77. The lowest BCUT2D eigenvalue weighted by molar-refractivity contribution is -0.142. The second kappa shape index (κ2) is 17.7. The highest BCUT2D eigenvalue weighted by atomic mass is 32.2. The molecule has 16 heteroatoms. The van der Waals surface area contributed by atoms with Crippen LogP contribution in [0.4, 0.5) is 4.79 Å². The maximum atomic E-state index is 15.1. The van der Waals surface area contributed by atoms with Crippen LogP contribution in [0.2, 0.25) is 0 Å². The van der Waals surface area contributed by atoms with Crippen LogP contribution in [0.25, 0.3) is 10.9 Å². The number of para-hydroxylation sites is 1. The Labute approximate surface area is 388 Å². The molecule has 3 aliphatic heterocycles. The Balaban J connectivity index is 0.982. The van der Waals surface area contributed by atoms with E-state index in [-0.39, 0.29) is 37.3 Å². The van der Waals surface area contributed by atoms with Crippen LogP contribution in [0, 0.1) is 23.2 Å². The molecular weight excluding hydrogens is 861 g/mol. The first kappa shape index (κ1) is 45.1. The Morgan fingerprint density at radius 1 is 0.985 bits per heavy atom. The average Bonchev–Trinajstić information content (AvgIpc) is 3.89. The lowest BCUT2D eigenvalue weighted by Gasteiger charge is -2.56. The Morgan fingerprint density at radius 3 is 2.48 bits per heavy atom. The minimum atomic E-state index is -4.01. The molecule has 356 valence electrons. The quantitative estimate of drug-likeness (QED) is 0.230. The van der Waals surface area contributed by atoms with Crippen molar-refractivity contribution in [2.45, 2.75) is 151 Å². The van der Waals surface area contributed by atoms with Crippen molar-refractivity contribution in [3.8, 4) is 11.6 Å². The van der Waals surface area contributed by atoms with Crippen molar-refractivity contribution in [2.24, 2.45) is 23.2 Å². The number of likely N-dealkylation sites (tertiary alicyclic amines) is 1. The Bertz CT molecular complexity index is 2390. The van der Waals surface area contributed by atoms with Crippen LogP contribution < -0.4 is 24.8 Å². The summed E-state index contributed by atoms with van der Waals surface area (Å²) in [7, 11) is -4.01. The topological polar surface area (TPSA) is 186 Å². The van der Waals surface area contributed by atoms with Gasteiger partial charge < -0.3 is 29.7 Å². The fourth-order valence-electron chi connectivity index (χ4n) is 11.9. The molecule has 4 heterocycles. The van der Waals surface area contributed by atoms with E-state index in [2.05, 4.69) is 39.0 Å². The average molecular weight is 927 g/mol. The maximum Gasteiger partial charge on any atom is 0.408 e. The van der Waals surface area contributed by atoms with E-state index in [1.165, 1.54) is 24.2 Å². The van der Waals surface area contributed by atoms with Gasteiger partial charge in [0.2, 0.25) is 27.7 Å². The van der Waals surface area contributed by atoms with Crippen molar-refractivity contribution in [2.75, 3.05) is 32.8 Å². The molecule has 2 saturated heterocycles. The predicted molar refractivity (Wildman–Crippen MR) is 247 cm³/mol. The van der Waals surface area contributed by atoms with Gasteiger partial charge in [0.05, 0.1) is 22.4 Å². The highest BCUT2D eigenvalue weighted by Gasteiger charge is 2.63. The number of carbonyl (C=O) groups is 4. The Kier molecular flexibility index (Phi) is 12.1. The number of alkyl carbamates (subject to hydrolysis) is 1. The van der Waals surface area contributed by atoms with Gasteiger partial charge in [-0.1, -0.05) is 49.6 Å². The predicted octanol–water partition coefficient (Wildman–Crippen LogP) is 5.85. The second-order valence-corrected chi connectivity index (χ2v) is 23.3. The lowest BCUT2D eigenvalue weighted by Crippen LogP contribution is -2.60. The first-order valence-corrected chi connectivity index (χ1v) is 26.2. The zero-order valence-electron chi connectivity index (χ0n) is 38.3. The van der Waals surface area contributed by atoms with Gasteiger partial charge in [0, 0.05) is 37.4 Å². The number of aromatic nitrogens is 1. The van der Waals surface area contributed by atoms with Crippen LogP contribution in [-0.4, -0.2) is 114 Å². The van der Waals surface area contributed by atoms with Crippen LogP contribution in [0.3, 0.4) is 0 Å². The third-order valence-electron chi connectivity index (χ3n) is 16.5. The lowest BCUT2D eigenvalue weighted by atomic mass is 9.63. The molecule has 1 aromatic heterocycles. The Morgan fingerprint density at radius 2 is 1.76 bits per heavy atom. The van der Waals surface area contributed by atoms with E-state index in [0.29, 0.717) is 48.4 Å². The summed E-state index contributed by atoms with van der Waals surface area (Å²) in [5.74, 6) is -1.33. The first-order chi connectivity index (χ1) is 31.8. The highest BCUT2D eigenvalue weighted by Crippen LogP contribution is 2.49. The molecule has 1 aromatic carbocycles. The number of carbonyl (C=O) groups excluding carboxylic acids is 4. The summed E-state index contributed by atoms with van der Waals surface area (Å²) in [6.45, 7) is 8.98. The first-order valence-electron chi connectivity index (χ1n) is 24.7. The molecule has 5 aliphatic carbocycles. The molecule has 4 amide bonds. The van der Waals surface area contributed by atoms with Crippen molar-refractivity contribution in [3.05, 3.63) is 54.6 Å². The summed E-state index contributed by atoms with van der Waals surface area (Å²) in [6, 6.07) is 5.76. The number of amides is 4. The molecule has 10 rings (SSSR count). The van der Waals surface area contributed by atoms with E-state index in [4.69, 9.17) is 19.2 Å². The number of ether oxygens (including phenoxy) is 3. The highest BCUT2D eigenvalue weighted by molar-refractivity contribution is 7.91. The number of rotatable bonds is 11. The number of hydrogen-bond donors (Lipinski definition) is 3. The molecule has 1 spiro atoms. The smallest absolute Gasteiger partial charge is 0.408 e. The van der Waals surface area contributed by atoms with Gasteiger partial charge in [-0.25, -0.2) is 18.2 Å². The van der Waals surface area contributed by atoms with Crippen LogP contribution in [-0.2, 0) is 35.6 Å². The fourth-order valence-corrected chi connectivity index (χ4v) is 13.2. The molecule has 5 saturated carbocycles. The minimum Gasteiger partial charge on any atom is -0.491 e. The normalized spacial score (nSPS) is 31.7. The summed E-state index contributed by atoms with van der Waals surface area (Å²) in [6.07, 6.45) is 17.2. The van der Waals surface area contributed by atoms with Crippen molar-refractivity contribution in [3.63, 3.8) is 0 Å². The number of sulfonamides is 1. The third kappa shape index (κ3) is 8.69. The van der Waals surface area contributed by atoms with Gasteiger partial charge >= 0.3 is 6.09 Å². The van der Waals surface area contributed by atoms with E-state index in [0.717, 1.165) is 88.4 Å². The second-order valence-electron chi connectivity index (χ2n) is 21.1. The van der Waals surface area contributed by atoms with Crippen LogP contribution >= 0.6 is 0 Å². The molecule has 3 N–H and O–H groups in total. The van der Waals surface area contributed by atoms with Gasteiger partial charge in [-0.2, -0.15) is 0 Å². The molecule has 7 atom stereocenters. The molecule has 7 fully saturated rings. The molecule has 0 radical (unpaired) electrons. The standard InChI is InChI=1S/C50H66N6O9S/c1-3-34-28-50(34,46(59)54-66(61,62)48(2)23-24-48)53-43(57)39-27-35-29-56(39)45(58)41(33-14-7-8-15-33)52-47(60)65-40-20-11-16-32(40)13-5-4-6-18-37-42(36-17-9-10-19-38(36)51-44(37)64-35)63-26-25-55-30-49(31-55)21-12-22-49/h3-4,6,9-10,17,19,32-35,39-41H,1,5,7-8,11-16,18,20-31H2,2H3,(H,52,60)(H,53,57)(H,54,59)/t32-,34-,35-,39+,40-,41+,50-/m1/s1. The largest absolute Gasteiger partial charge is 0.491 e. The summed E-state index contributed by atoms with van der Waals surface area (Å²) in [5.41, 5.74) is 0.411. The fraction of sp³-hybridized carbons (Fsp3) is 0.660. The van der Waals surface area contributed by atoms with E-state index in [9.17, 15) is 22.8 Å². The van der Waals surface area contributed by atoms with Gasteiger partial charge in [-0.05, 0) is 120 Å². The minimum absolute atomic E-state index is 0.00489. The number of allylic oxidation sites excluding steroid dienone is 2. The number of nitrogens with one attached hydrogen (secondary N) is 3. The van der Waals surface area contributed by atoms with Gasteiger partial charge in [-0.3, -0.25) is 24.0 Å². The molecule has 2 aromatic rings. The van der Waals surface area contributed by atoms with E-state index >= 15 is 4.79 Å². The van der Waals surface area contributed by atoms with Gasteiger partial charge in [0.1, 0.15) is 42.2 Å². The zero-order valence-corrected chi connectivity index (χ0v) is 39.1. The summed E-state index contributed by atoms with van der Waals surface area (Å²) >= 11 is 0. The molecule has 8 aliphatic rings. The van der Waals surface area contributed by atoms with Crippen LogP contribution in [0.1, 0.15) is 115 Å². The third-order valence-corrected chi connectivity index (χ3v) is 18.7. The maximum absolute atomic E-state index is 15.1. The number of fused-ring (bicyclic) bond motifs is 5. The number of nitrogens with zero attached hydrogens (tertiary/aromatic N) is 3. The molecular formula is C50H66N6O9S. The molecule has 15 nitrogen and oxygen atoms in total. The number of pyridine rings is 1. The van der Waals surface area contributed by atoms with Gasteiger partial charge in [0.15, 0.2) is 0 Å². The van der Waals surface area contributed by atoms with Crippen molar-refractivity contribution in [1.82, 2.24) is 30.1 Å². The van der Waals surface area contributed by atoms with E-state index in [1.807, 2.05) is 24.3 Å². The van der Waals surface area contributed by atoms with Crippen molar-refractivity contribution in [1.29, 1.82) is 0 Å². The Hall–Kier alpha value is -4.70. The molecule has 0 unspecified atom stereocenters. The van der Waals surface area contributed by atoms with Gasteiger partial charge in [0.25, 0.3) is 5.91 Å². The SMILES string of the molecule is C=C[C@@H]1C[C@]1(NC(=O)[C@@H]1C[C@@H]2CN1C(=O)[C@H](C1CCCC1)NC(=O)O[C@@H]1CCC[C@H]1CCC=CCc1c(nc3ccccc3c1OCCN1CC3(CCC3)C1)O2)C(=O)NS(=O)(=O)C1(C)CC1. The van der Waals surface area contributed by atoms with Crippen LogP contribution in [0.15, 0.2) is 49.1 Å². The number of benzene rings is 1. The van der Waals surface area contributed by atoms with E-state index < -0.39 is 68.2 Å². The van der Waals surface area contributed by atoms with Crippen molar-refractivity contribution < 1.29 is 41.8 Å².